The zero-order valence-electron chi connectivity index (χ0n) is 16.4. The van der Waals surface area contributed by atoms with Crippen molar-refractivity contribution in [2.75, 3.05) is 12.8 Å². The number of nitrogens with two attached hydrogens (primary N) is 1. The number of nitrogens with zero attached hydrogens (tertiary/aromatic N) is 2. The van der Waals surface area contributed by atoms with Crippen molar-refractivity contribution in [1.29, 1.82) is 5.26 Å². The van der Waals surface area contributed by atoms with Crippen molar-refractivity contribution >= 4 is 44.7 Å². The average Bonchev–Trinajstić information content (AvgIpc) is 3.08. The standard InChI is InChI=1S/C20H12Cl2F3N3O4S/c1-32-19(29)18-17(27)10(8-26)9-28(18)15-6-13(20(23,24)25)14(22)7-16(15)33(30,31)12-4-2-11(21)3-5-12/h2-7,9H,27H2,1H3. The van der Waals surface area contributed by atoms with Crippen molar-refractivity contribution in [2.24, 2.45) is 0 Å². The fourth-order valence-electron chi connectivity index (χ4n) is 3.01. The molecular formula is C20H12Cl2F3N3O4S. The fraction of sp³-hybridized carbons (Fsp3) is 0.100. The first-order valence-electron chi connectivity index (χ1n) is 8.74. The molecule has 0 saturated carbocycles. The van der Waals surface area contributed by atoms with E-state index in [2.05, 4.69) is 4.74 Å². The zero-order valence-corrected chi connectivity index (χ0v) is 18.8. The van der Waals surface area contributed by atoms with Gasteiger partial charge >= 0.3 is 12.1 Å². The quantitative estimate of drug-likeness (QED) is 0.493. The zero-order chi connectivity index (χ0) is 24.7. The minimum atomic E-state index is -4.96. The number of benzene rings is 2. The van der Waals surface area contributed by atoms with E-state index in [1.54, 1.807) is 6.07 Å². The highest BCUT2D eigenvalue weighted by atomic mass is 35.5. The highest BCUT2D eigenvalue weighted by Crippen LogP contribution is 2.41. The van der Waals surface area contributed by atoms with Crippen molar-refractivity contribution < 1.29 is 31.1 Å². The lowest BCUT2D eigenvalue weighted by Crippen LogP contribution is -2.16. The van der Waals surface area contributed by atoms with E-state index >= 15 is 0 Å². The normalized spacial score (nSPS) is 11.8. The molecule has 7 nitrogen and oxygen atoms in total. The van der Waals surface area contributed by atoms with Crippen molar-refractivity contribution in [1.82, 2.24) is 4.57 Å². The number of hydrogen-bond donors (Lipinski definition) is 1. The minimum absolute atomic E-state index is 0.226. The summed E-state index contributed by atoms with van der Waals surface area (Å²) in [5, 5.41) is 8.63. The molecule has 0 aliphatic heterocycles. The summed E-state index contributed by atoms with van der Waals surface area (Å²) in [6, 6.07) is 7.63. The van der Waals surface area contributed by atoms with Crippen LogP contribution >= 0.6 is 23.2 Å². The molecule has 2 aromatic carbocycles. The number of rotatable bonds is 4. The summed E-state index contributed by atoms with van der Waals surface area (Å²) in [6.07, 6.45) is -4.03. The molecule has 172 valence electrons. The lowest BCUT2D eigenvalue weighted by atomic mass is 10.2. The van der Waals surface area contributed by atoms with E-state index < -0.39 is 54.5 Å². The molecule has 0 atom stereocenters. The summed E-state index contributed by atoms with van der Waals surface area (Å²) in [5.41, 5.74) is 2.62. The van der Waals surface area contributed by atoms with E-state index in [-0.39, 0.29) is 15.5 Å². The summed E-state index contributed by atoms with van der Waals surface area (Å²) in [7, 11) is -3.50. The number of aromatic nitrogens is 1. The van der Waals surface area contributed by atoms with Gasteiger partial charge in [0, 0.05) is 11.2 Å². The van der Waals surface area contributed by atoms with Gasteiger partial charge in [0.25, 0.3) is 0 Å². The third-order valence-corrected chi connectivity index (χ3v) is 6.93. The maximum atomic E-state index is 13.6. The van der Waals surface area contributed by atoms with Crippen LogP contribution in [0.2, 0.25) is 10.0 Å². The number of alkyl halides is 3. The summed E-state index contributed by atoms with van der Waals surface area (Å²) in [6.45, 7) is 0. The van der Waals surface area contributed by atoms with E-state index in [1.165, 1.54) is 12.1 Å². The molecule has 1 aromatic heterocycles. The molecule has 0 aliphatic rings. The second kappa shape index (κ2) is 8.62. The molecule has 0 bridgehead atoms. The number of sulfone groups is 1. The number of nitriles is 1. The fourth-order valence-corrected chi connectivity index (χ4v) is 4.93. The predicted octanol–water partition coefficient (Wildman–Crippen LogP) is 4.88. The molecule has 33 heavy (non-hydrogen) atoms. The van der Waals surface area contributed by atoms with Crippen LogP contribution < -0.4 is 5.73 Å². The lowest BCUT2D eigenvalue weighted by molar-refractivity contribution is -0.137. The molecule has 0 fully saturated rings. The molecule has 2 N–H and O–H groups in total. The Bertz CT molecular complexity index is 1410. The van der Waals surface area contributed by atoms with Crippen LogP contribution in [0.15, 0.2) is 52.4 Å². The van der Waals surface area contributed by atoms with Gasteiger partial charge in [0.15, 0.2) is 5.69 Å². The Kier molecular flexibility index (Phi) is 6.39. The Morgan fingerprint density at radius 2 is 1.79 bits per heavy atom. The molecule has 1 heterocycles. The summed E-state index contributed by atoms with van der Waals surface area (Å²) < 4.78 is 72.9. The van der Waals surface area contributed by atoms with Crippen LogP contribution in [-0.2, 0) is 20.8 Å². The Morgan fingerprint density at radius 1 is 1.18 bits per heavy atom. The van der Waals surface area contributed by atoms with E-state index in [9.17, 15) is 31.6 Å². The number of esters is 1. The van der Waals surface area contributed by atoms with Gasteiger partial charge in [-0.15, -0.1) is 0 Å². The molecule has 13 heteroatoms. The molecule has 0 aliphatic carbocycles. The third kappa shape index (κ3) is 4.37. The maximum absolute atomic E-state index is 13.6. The van der Waals surface area contributed by atoms with Gasteiger partial charge in [0.05, 0.1) is 44.4 Å². The topological polar surface area (TPSA) is 115 Å². The number of hydrogen-bond acceptors (Lipinski definition) is 6. The van der Waals surface area contributed by atoms with Crippen LogP contribution in [0.25, 0.3) is 5.69 Å². The van der Waals surface area contributed by atoms with Gasteiger partial charge in [-0.1, -0.05) is 23.2 Å². The van der Waals surface area contributed by atoms with Gasteiger partial charge in [-0.25, -0.2) is 13.2 Å². The van der Waals surface area contributed by atoms with Crippen LogP contribution in [0.4, 0.5) is 18.9 Å². The van der Waals surface area contributed by atoms with Crippen molar-refractivity contribution in [3.05, 3.63) is 69.5 Å². The summed E-state index contributed by atoms with van der Waals surface area (Å²) >= 11 is 11.6. The monoisotopic (exact) mass is 517 g/mol. The van der Waals surface area contributed by atoms with Crippen LogP contribution in [0.3, 0.4) is 0 Å². The van der Waals surface area contributed by atoms with Gasteiger partial charge in [-0.05, 0) is 36.4 Å². The highest BCUT2D eigenvalue weighted by Gasteiger charge is 2.37. The first-order chi connectivity index (χ1) is 15.3. The number of ether oxygens (including phenoxy) is 1. The Hall–Kier alpha value is -3.20. The second-order valence-corrected chi connectivity index (χ2v) is 9.30. The minimum Gasteiger partial charge on any atom is -0.464 e. The molecule has 3 rings (SSSR count). The van der Waals surface area contributed by atoms with Crippen LogP contribution in [0.5, 0.6) is 0 Å². The maximum Gasteiger partial charge on any atom is 0.417 e. The van der Waals surface area contributed by atoms with Gasteiger partial charge in [-0.3, -0.25) is 0 Å². The SMILES string of the molecule is COC(=O)c1c(N)c(C#N)cn1-c1cc(C(F)(F)F)c(Cl)cc1S(=O)(=O)c1ccc(Cl)cc1. The van der Waals surface area contributed by atoms with Crippen LogP contribution in [-0.4, -0.2) is 26.1 Å². The average molecular weight is 518 g/mol. The van der Waals surface area contributed by atoms with E-state index in [1.807, 2.05) is 0 Å². The summed E-state index contributed by atoms with van der Waals surface area (Å²) in [4.78, 5) is 11.4. The number of carbonyl (C=O) groups excluding carboxylic acids is 1. The van der Waals surface area contributed by atoms with Gasteiger partial charge in [-0.2, -0.15) is 18.4 Å². The molecule has 3 aromatic rings. The first-order valence-corrected chi connectivity index (χ1v) is 11.0. The highest BCUT2D eigenvalue weighted by molar-refractivity contribution is 7.91. The smallest absolute Gasteiger partial charge is 0.417 e. The molecule has 0 spiro atoms. The third-order valence-electron chi connectivity index (χ3n) is 4.57. The van der Waals surface area contributed by atoms with Gasteiger partial charge in [0.1, 0.15) is 6.07 Å². The molecular weight excluding hydrogens is 506 g/mol. The first kappa shape index (κ1) is 24.4. The number of carbonyl (C=O) groups is 1. The van der Waals surface area contributed by atoms with Crippen LogP contribution in [0.1, 0.15) is 21.6 Å². The lowest BCUT2D eigenvalue weighted by Gasteiger charge is -2.18. The number of methoxy groups -OCH3 is 1. The molecule has 0 unspecified atom stereocenters. The van der Waals surface area contributed by atoms with Crippen molar-refractivity contribution in [3.63, 3.8) is 0 Å². The van der Waals surface area contributed by atoms with Crippen molar-refractivity contribution in [3.8, 4) is 11.8 Å². The largest absolute Gasteiger partial charge is 0.464 e. The predicted molar refractivity (Wildman–Crippen MR) is 113 cm³/mol. The van der Waals surface area contributed by atoms with E-state index in [0.29, 0.717) is 12.1 Å². The van der Waals surface area contributed by atoms with E-state index in [0.717, 1.165) is 30.0 Å². The Balaban J connectivity index is 2.47. The second-order valence-electron chi connectivity index (χ2n) is 6.53. The Morgan fingerprint density at radius 3 is 2.30 bits per heavy atom. The summed E-state index contributed by atoms with van der Waals surface area (Å²) in [5.74, 6) is -1.10. The number of halogens is 5. The Labute approximate surface area is 195 Å². The number of nitrogen functional groups attached to an aromatic ring is 1. The molecule has 0 saturated heterocycles. The molecule has 0 amide bonds. The van der Waals surface area contributed by atoms with Crippen molar-refractivity contribution in [2.45, 2.75) is 16.0 Å². The van der Waals surface area contributed by atoms with Gasteiger partial charge in [0.2, 0.25) is 9.84 Å². The number of anilines is 1. The van der Waals surface area contributed by atoms with Crippen LogP contribution in [0, 0.1) is 11.3 Å². The van der Waals surface area contributed by atoms with Gasteiger partial charge < -0.3 is 15.0 Å². The molecule has 0 radical (unpaired) electrons. The van der Waals surface area contributed by atoms with E-state index in [4.69, 9.17) is 28.9 Å².